The first-order valence-electron chi connectivity index (χ1n) is 7.66. The lowest BCUT2D eigenvalue weighted by Crippen LogP contribution is -2.67. The van der Waals surface area contributed by atoms with Gasteiger partial charge in [-0.15, -0.1) is 0 Å². The van der Waals surface area contributed by atoms with Gasteiger partial charge in [0.2, 0.25) is 0 Å². The van der Waals surface area contributed by atoms with E-state index in [0.717, 1.165) is 16.8 Å². The topological polar surface area (TPSA) is 40.2 Å². The predicted molar refractivity (Wildman–Crippen MR) is 84.6 cm³/mol. The Hall–Kier alpha value is -1.92. The molecule has 2 saturated heterocycles. The Bertz CT molecular complexity index is 688. The average molecular weight is 313 g/mol. The second-order valence-electron chi connectivity index (χ2n) is 5.90. The average Bonchev–Trinajstić information content (AvgIpc) is 2.57. The van der Waals surface area contributed by atoms with Gasteiger partial charge in [-0.3, -0.25) is 0 Å². The van der Waals surface area contributed by atoms with E-state index < -0.39 is 11.6 Å². The zero-order valence-electron chi connectivity index (χ0n) is 13.2. The molecular formula is C18H19NO4. The van der Waals surface area contributed by atoms with Crippen LogP contribution >= 0.6 is 0 Å². The Kier molecular flexibility index (Phi) is 3.39. The molecule has 2 aromatic carbocycles. The SMILES string of the molecule is CN(C)c1ccc(C23OCCOC2(c2ccccc2)OO3)cc1. The molecule has 0 spiro atoms. The molecule has 0 aromatic heterocycles. The lowest BCUT2D eigenvalue weighted by Gasteiger charge is -2.56. The third kappa shape index (κ3) is 2.01. The van der Waals surface area contributed by atoms with Gasteiger partial charge in [0.25, 0.3) is 11.6 Å². The fourth-order valence-electron chi connectivity index (χ4n) is 3.08. The molecule has 0 N–H and O–H groups in total. The minimum Gasteiger partial charge on any atom is -0.378 e. The molecular weight excluding hydrogens is 294 g/mol. The van der Waals surface area contributed by atoms with Gasteiger partial charge in [0.05, 0.1) is 13.2 Å². The number of fused-ring (bicyclic) bond motifs is 1. The Labute approximate surface area is 135 Å². The highest BCUT2D eigenvalue weighted by molar-refractivity contribution is 5.47. The fraction of sp³-hybridized carbons (Fsp3) is 0.333. The molecule has 23 heavy (non-hydrogen) atoms. The molecule has 2 unspecified atom stereocenters. The molecule has 5 nitrogen and oxygen atoms in total. The van der Waals surface area contributed by atoms with Gasteiger partial charge < -0.3 is 14.4 Å². The summed E-state index contributed by atoms with van der Waals surface area (Å²) in [7, 11) is 4.01. The van der Waals surface area contributed by atoms with Crippen molar-refractivity contribution in [3.05, 3.63) is 65.7 Å². The van der Waals surface area contributed by atoms with Gasteiger partial charge in [-0.1, -0.05) is 42.5 Å². The van der Waals surface area contributed by atoms with Gasteiger partial charge in [0.1, 0.15) is 0 Å². The van der Waals surface area contributed by atoms with Crippen molar-refractivity contribution in [2.75, 3.05) is 32.2 Å². The van der Waals surface area contributed by atoms with E-state index in [1.807, 2.05) is 73.6 Å². The van der Waals surface area contributed by atoms with E-state index in [1.165, 1.54) is 0 Å². The largest absolute Gasteiger partial charge is 0.378 e. The second kappa shape index (κ2) is 5.32. The molecule has 0 bridgehead atoms. The maximum atomic E-state index is 6.02. The van der Waals surface area contributed by atoms with Crippen LogP contribution in [0.1, 0.15) is 11.1 Å². The Morgan fingerprint density at radius 1 is 0.739 bits per heavy atom. The summed E-state index contributed by atoms with van der Waals surface area (Å²) in [6.45, 7) is 0.906. The Balaban J connectivity index is 1.78. The first-order chi connectivity index (χ1) is 11.2. The van der Waals surface area contributed by atoms with E-state index in [2.05, 4.69) is 0 Å². The number of hydrogen-bond donors (Lipinski definition) is 0. The highest BCUT2D eigenvalue weighted by Crippen LogP contribution is 2.57. The molecule has 4 rings (SSSR count). The van der Waals surface area contributed by atoms with Gasteiger partial charge in [-0.05, 0) is 12.1 Å². The molecule has 5 heteroatoms. The molecule has 0 amide bonds. The third-order valence-electron chi connectivity index (χ3n) is 4.32. The smallest absolute Gasteiger partial charge is 0.290 e. The van der Waals surface area contributed by atoms with Crippen LogP contribution in [0.15, 0.2) is 54.6 Å². The summed E-state index contributed by atoms with van der Waals surface area (Å²) in [6, 6.07) is 17.8. The van der Waals surface area contributed by atoms with Gasteiger partial charge in [0.15, 0.2) is 0 Å². The number of nitrogens with zero attached hydrogens (tertiary/aromatic N) is 1. The summed E-state index contributed by atoms with van der Waals surface area (Å²) in [5.41, 5.74) is 2.85. The molecule has 2 atom stereocenters. The highest BCUT2D eigenvalue weighted by atomic mass is 17.3. The fourth-order valence-corrected chi connectivity index (χ4v) is 3.08. The van der Waals surface area contributed by atoms with Crippen LogP contribution in [0.3, 0.4) is 0 Å². The molecule has 2 heterocycles. The predicted octanol–water partition coefficient (Wildman–Crippen LogP) is 2.77. The zero-order chi connectivity index (χ0) is 15.9. The first-order valence-corrected chi connectivity index (χ1v) is 7.66. The van der Waals surface area contributed by atoms with Crippen molar-refractivity contribution in [1.82, 2.24) is 0 Å². The highest BCUT2D eigenvalue weighted by Gasteiger charge is 2.71. The minimum absolute atomic E-state index is 0.452. The van der Waals surface area contributed by atoms with Gasteiger partial charge in [-0.2, -0.15) is 9.78 Å². The number of anilines is 1. The van der Waals surface area contributed by atoms with Crippen molar-refractivity contribution in [1.29, 1.82) is 0 Å². The number of rotatable bonds is 3. The summed E-state index contributed by atoms with van der Waals surface area (Å²) in [5.74, 6) is -2.14. The summed E-state index contributed by atoms with van der Waals surface area (Å²) in [6.07, 6.45) is 0. The zero-order valence-corrected chi connectivity index (χ0v) is 13.2. The van der Waals surface area contributed by atoms with Crippen LogP contribution in [-0.4, -0.2) is 27.3 Å². The van der Waals surface area contributed by atoms with Crippen molar-refractivity contribution in [2.24, 2.45) is 0 Å². The molecule has 2 fully saturated rings. The molecule has 120 valence electrons. The summed E-state index contributed by atoms with van der Waals surface area (Å²) in [4.78, 5) is 13.0. The maximum Gasteiger partial charge on any atom is 0.290 e. The molecule has 2 aromatic rings. The van der Waals surface area contributed by atoms with Gasteiger partial charge in [0, 0.05) is 30.9 Å². The number of ether oxygens (including phenoxy) is 2. The second-order valence-corrected chi connectivity index (χ2v) is 5.90. The summed E-state index contributed by atoms with van der Waals surface area (Å²) < 4.78 is 12.0. The number of benzene rings is 2. The molecule has 0 radical (unpaired) electrons. The Morgan fingerprint density at radius 3 is 1.74 bits per heavy atom. The minimum atomic E-state index is -1.07. The molecule has 0 aliphatic carbocycles. The van der Waals surface area contributed by atoms with Gasteiger partial charge >= 0.3 is 0 Å². The van der Waals surface area contributed by atoms with E-state index in [1.54, 1.807) is 0 Å². The molecule has 0 saturated carbocycles. The van der Waals surface area contributed by atoms with E-state index in [0.29, 0.717) is 13.2 Å². The van der Waals surface area contributed by atoms with Crippen molar-refractivity contribution in [2.45, 2.75) is 11.6 Å². The third-order valence-corrected chi connectivity index (χ3v) is 4.32. The van der Waals surface area contributed by atoms with Crippen molar-refractivity contribution >= 4 is 5.69 Å². The van der Waals surface area contributed by atoms with E-state index in [4.69, 9.17) is 19.2 Å². The summed E-state index contributed by atoms with van der Waals surface area (Å²) in [5, 5.41) is 0. The van der Waals surface area contributed by atoms with E-state index in [9.17, 15) is 0 Å². The van der Waals surface area contributed by atoms with Crippen LogP contribution in [0.25, 0.3) is 0 Å². The van der Waals surface area contributed by atoms with Crippen LogP contribution < -0.4 is 4.90 Å². The molecule has 2 aliphatic rings. The Morgan fingerprint density at radius 2 is 1.26 bits per heavy atom. The quantitative estimate of drug-likeness (QED) is 0.815. The number of hydrogen-bond acceptors (Lipinski definition) is 5. The van der Waals surface area contributed by atoms with E-state index >= 15 is 0 Å². The normalized spacial score (nSPS) is 29.5. The van der Waals surface area contributed by atoms with Crippen LogP contribution in [-0.2, 0) is 30.8 Å². The maximum absolute atomic E-state index is 6.02. The monoisotopic (exact) mass is 313 g/mol. The molecule has 2 aliphatic heterocycles. The standard InChI is InChI=1S/C18H19NO4/c1-19(2)16-10-8-15(9-11-16)18-17(22-23-18,20-12-13-21-18)14-6-4-3-5-7-14/h3-11H,12-13H2,1-2H3. The van der Waals surface area contributed by atoms with Crippen molar-refractivity contribution < 1.29 is 19.2 Å². The van der Waals surface area contributed by atoms with Crippen LogP contribution in [0.4, 0.5) is 5.69 Å². The van der Waals surface area contributed by atoms with Crippen LogP contribution in [0.2, 0.25) is 0 Å². The summed E-state index contributed by atoms with van der Waals surface area (Å²) >= 11 is 0. The first kappa shape index (κ1) is 14.7. The lowest BCUT2D eigenvalue weighted by atomic mass is 9.88. The van der Waals surface area contributed by atoms with Crippen LogP contribution in [0, 0.1) is 0 Å². The van der Waals surface area contributed by atoms with Crippen molar-refractivity contribution in [3.8, 4) is 0 Å². The van der Waals surface area contributed by atoms with Crippen molar-refractivity contribution in [3.63, 3.8) is 0 Å². The van der Waals surface area contributed by atoms with Gasteiger partial charge in [-0.25, -0.2) is 0 Å². The van der Waals surface area contributed by atoms with E-state index in [-0.39, 0.29) is 0 Å². The van der Waals surface area contributed by atoms with Crippen LogP contribution in [0.5, 0.6) is 0 Å². The lowest BCUT2D eigenvalue weighted by molar-refractivity contribution is -0.693.